The Balaban J connectivity index is 0.000000171. The number of rotatable bonds is 6. The Morgan fingerprint density at radius 1 is 0.814 bits per heavy atom. The molecule has 6 rings (SSSR count). The van der Waals surface area contributed by atoms with E-state index in [2.05, 4.69) is 51.6 Å². The highest BCUT2D eigenvalue weighted by atomic mass is 35.5. The number of carbonyl (C=O) groups is 2. The van der Waals surface area contributed by atoms with Crippen molar-refractivity contribution in [3.63, 3.8) is 0 Å². The fourth-order valence-corrected chi connectivity index (χ4v) is 4.55. The van der Waals surface area contributed by atoms with Crippen molar-refractivity contribution in [1.82, 2.24) is 41.0 Å². The zero-order valence-corrected chi connectivity index (χ0v) is 24.5. The van der Waals surface area contributed by atoms with E-state index in [4.69, 9.17) is 21.1 Å². The van der Waals surface area contributed by atoms with Crippen molar-refractivity contribution in [1.29, 1.82) is 0 Å². The summed E-state index contributed by atoms with van der Waals surface area (Å²) in [6, 6.07) is 7.32. The minimum atomic E-state index is -0.351. The number of aromatic nitrogens is 6. The van der Waals surface area contributed by atoms with Crippen LogP contribution in [0.1, 0.15) is 55.8 Å². The number of amides is 2. The van der Waals surface area contributed by atoms with Crippen LogP contribution in [0.5, 0.6) is 0 Å². The Morgan fingerprint density at radius 2 is 1.37 bits per heavy atom. The molecule has 4 aromatic heterocycles. The van der Waals surface area contributed by atoms with Gasteiger partial charge in [0, 0.05) is 26.2 Å². The number of halogens is 1. The average Bonchev–Trinajstić information content (AvgIpc) is 3.63. The molecule has 14 nitrogen and oxygen atoms in total. The van der Waals surface area contributed by atoms with Gasteiger partial charge >= 0.3 is 0 Å². The number of nitrogens with zero attached hydrogens (tertiary/aromatic N) is 4. The molecule has 226 valence electrons. The summed E-state index contributed by atoms with van der Waals surface area (Å²) in [5, 5.41) is 25.4. The summed E-state index contributed by atoms with van der Waals surface area (Å²) in [6.07, 6.45) is 4.77. The van der Waals surface area contributed by atoms with E-state index in [1.165, 1.54) is 0 Å². The van der Waals surface area contributed by atoms with E-state index in [-0.39, 0.29) is 29.7 Å². The largest absolute Gasteiger partial charge is 0.369 e. The molecule has 0 aromatic carbocycles. The molecule has 0 radical (unpaired) electrons. The monoisotopic (exact) mass is 608 g/mol. The molecule has 0 bridgehead atoms. The molecule has 0 aliphatic carbocycles. The Hall–Kier alpha value is -4.21. The molecule has 0 spiro atoms. The van der Waals surface area contributed by atoms with Crippen molar-refractivity contribution in [3.8, 4) is 0 Å². The van der Waals surface area contributed by atoms with Crippen LogP contribution in [0.2, 0.25) is 5.02 Å². The number of pyridine rings is 2. The molecular weight excluding hydrogens is 576 g/mol. The lowest BCUT2D eigenvalue weighted by atomic mass is 10.2. The summed E-state index contributed by atoms with van der Waals surface area (Å²) in [7, 11) is 0. The van der Waals surface area contributed by atoms with Gasteiger partial charge in [-0.3, -0.25) is 29.8 Å². The van der Waals surface area contributed by atoms with Crippen molar-refractivity contribution >= 4 is 34.8 Å². The zero-order chi connectivity index (χ0) is 30.2. The second-order valence-corrected chi connectivity index (χ2v) is 10.3. The molecular formula is C28H33ClN10O4. The molecule has 43 heavy (non-hydrogen) atoms. The first-order valence-electron chi connectivity index (χ1n) is 13.8. The first kappa shape index (κ1) is 30.3. The number of hydrogen-bond donors (Lipinski definition) is 6. The summed E-state index contributed by atoms with van der Waals surface area (Å²) >= 11 is 6.00. The minimum Gasteiger partial charge on any atom is -0.369 e. The third kappa shape index (κ3) is 7.80. The molecule has 2 fully saturated rings. The molecule has 6 heterocycles. The Kier molecular flexibility index (Phi) is 10.1. The van der Waals surface area contributed by atoms with Crippen LogP contribution in [0.3, 0.4) is 0 Å². The number of morpholine rings is 2. The fourth-order valence-electron chi connectivity index (χ4n) is 4.38. The summed E-state index contributed by atoms with van der Waals surface area (Å²) in [6.45, 7) is 8.13. The van der Waals surface area contributed by atoms with Gasteiger partial charge in [-0.15, -0.1) is 0 Å². The molecule has 4 aromatic rings. The highest BCUT2D eigenvalue weighted by Gasteiger charge is 2.19. The Labute approximate surface area is 252 Å². The van der Waals surface area contributed by atoms with Crippen LogP contribution in [-0.4, -0.2) is 81.6 Å². The number of aryl methyl sites for hydroxylation is 2. The smallest absolute Gasteiger partial charge is 0.275 e. The normalized spacial score (nSPS) is 18.3. The summed E-state index contributed by atoms with van der Waals surface area (Å²) in [5.41, 5.74) is 5.00. The Morgan fingerprint density at radius 3 is 1.77 bits per heavy atom. The maximum absolute atomic E-state index is 12.1. The van der Waals surface area contributed by atoms with Gasteiger partial charge in [-0.05, 0) is 43.7 Å². The van der Waals surface area contributed by atoms with E-state index in [9.17, 15) is 9.59 Å². The second kappa shape index (κ2) is 14.3. The maximum atomic E-state index is 12.1. The van der Waals surface area contributed by atoms with Crippen LogP contribution in [0.25, 0.3) is 0 Å². The molecule has 6 N–H and O–H groups in total. The van der Waals surface area contributed by atoms with Crippen LogP contribution < -0.4 is 21.3 Å². The van der Waals surface area contributed by atoms with Gasteiger partial charge in [0.15, 0.2) is 0 Å². The average molecular weight is 609 g/mol. The zero-order valence-electron chi connectivity index (χ0n) is 23.7. The topological polar surface area (TPSA) is 184 Å². The number of ether oxygens (including phenoxy) is 2. The minimum absolute atomic E-state index is 0.0293. The standard InChI is InChI=1S/C14H16ClN5O2.C14H17N5O2/c1-8-12(15)13(20-19-8)14(21)18-9-2-3-10(17-6-9)11-7-16-4-5-22-11;1-9-6-17-19-13(9)14(20)18-10-2-3-11(16-7-10)12-8-15-4-5-21-12/h2-3,6,11,16H,4-5,7H2,1H3,(H,18,21)(H,19,20);2-3,6-7,12,15H,4-5,8H2,1H3,(H,17,19)(H,18,20)/t11-;12-/m00/s1. The quantitative estimate of drug-likeness (QED) is 0.190. The number of hydrogen-bond acceptors (Lipinski definition) is 10. The fraction of sp³-hybridized carbons (Fsp3) is 0.357. The Bertz CT molecular complexity index is 1510. The first-order valence-corrected chi connectivity index (χ1v) is 14.2. The van der Waals surface area contributed by atoms with Crippen molar-refractivity contribution in [3.05, 3.63) is 81.9 Å². The van der Waals surface area contributed by atoms with E-state index >= 15 is 0 Å². The van der Waals surface area contributed by atoms with Crippen molar-refractivity contribution in [2.24, 2.45) is 0 Å². The number of carbonyl (C=O) groups excluding carboxylic acids is 2. The van der Waals surface area contributed by atoms with Gasteiger partial charge < -0.3 is 30.7 Å². The van der Waals surface area contributed by atoms with E-state index in [1.54, 1.807) is 31.6 Å². The molecule has 2 atom stereocenters. The van der Waals surface area contributed by atoms with Crippen LogP contribution in [-0.2, 0) is 9.47 Å². The van der Waals surface area contributed by atoms with Crippen molar-refractivity contribution in [2.45, 2.75) is 26.1 Å². The third-order valence-corrected chi connectivity index (χ3v) is 7.22. The first-order chi connectivity index (χ1) is 20.9. The van der Waals surface area contributed by atoms with E-state index < -0.39 is 0 Å². The van der Waals surface area contributed by atoms with Crippen molar-refractivity contribution < 1.29 is 19.1 Å². The highest BCUT2D eigenvalue weighted by Crippen LogP contribution is 2.21. The lowest BCUT2D eigenvalue weighted by molar-refractivity contribution is 0.0250. The molecule has 2 aliphatic heterocycles. The van der Waals surface area contributed by atoms with E-state index in [0.29, 0.717) is 41.0 Å². The van der Waals surface area contributed by atoms with Gasteiger partial charge in [-0.2, -0.15) is 10.2 Å². The predicted molar refractivity (Wildman–Crippen MR) is 159 cm³/mol. The van der Waals surface area contributed by atoms with Gasteiger partial charge in [-0.25, -0.2) is 0 Å². The summed E-state index contributed by atoms with van der Waals surface area (Å²) in [4.78, 5) is 32.8. The molecule has 2 aliphatic rings. The maximum Gasteiger partial charge on any atom is 0.275 e. The van der Waals surface area contributed by atoms with Gasteiger partial charge in [0.2, 0.25) is 0 Å². The van der Waals surface area contributed by atoms with Crippen LogP contribution >= 0.6 is 11.6 Å². The lowest BCUT2D eigenvalue weighted by Crippen LogP contribution is -2.33. The highest BCUT2D eigenvalue weighted by molar-refractivity contribution is 6.34. The molecule has 0 unspecified atom stereocenters. The third-order valence-electron chi connectivity index (χ3n) is 6.76. The van der Waals surface area contributed by atoms with E-state index in [1.807, 2.05) is 25.1 Å². The summed E-state index contributed by atoms with van der Waals surface area (Å²) < 4.78 is 11.3. The van der Waals surface area contributed by atoms with Gasteiger partial charge in [0.05, 0.1) is 65.3 Å². The molecule has 2 amide bonds. The van der Waals surface area contributed by atoms with Gasteiger partial charge in [-0.1, -0.05) is 11.6 Å². The number of aromatic amines is 2. The van der Waals surface area contributed by atoms with Gasteiger partial charge in [0.25, 0.3) is 11.8 Å². The van der Waals surface area contributed by atoms with Crippen LogP contribution in [0.15, 0.2) is 42.9 Å². The SMILES string of the molecule is Cc1cn[nH]c1C(=O)Nc1ccc([C@@H]2CNCCO2)nc1.Cc1n[nH]c(C(=O)Nc2ccc([C@@H]3CNCCO3)nc2)c1Cl. The second-order valence-electron chi connectivity index (χ2n) is 9.90. The lowest BCUT2D eigenvalue weighted by Gasteiger charge is -2.23. The molecule has 0 saturated carbocycles. The van der Waals surface area contributed by atoms with E-state index in [0.717, 1.165) is 43.1 Å². The van der Waals surface area contributed by atoms with Crippen LogP contribution in [0.4, 0.5) is 11.4 Å². The predicted octanol–water partition coefficient (Wildman–Crippen LogP) is 2.71. The number of nitrogens with one attached hydrogen (secondary N) is 6. The molecule has 2 saturated heterocycles. The summed E-state index contributed by atoms with van der Waals surface area (Å²) in [5.74, 6) is -0.578. The van der Waals surface area contributed by atoms with Crippen LogP contribution in [0, 0.1) is 13.8 Å². The number of H-pyrrole nitrogens is 2. The van der Waals surface area contributed by atoms with Gasteiger partial charge in [0.1, 0.15) is 23.6 Å². The van der Waals surface area contributed by atoms with Crippen molar-refractivity contribution in [2.75, 3.05) is 50.0 Å². The molecule has 15 heteroatoms. The number of anilines is 2.